The highest BCUT2D eigenvalue weighted by Crippen LogP contribution is 2.22. The van der Waals surface area contributed by atoms with Gasteiger partial charge < -0.3 is 10.2 Å². The fourth-order valence-electron chi connectivity index (χ4n) is 4.24. The zero-order valence-corrected chi connectivity index (χ0v) is 24.6. The number of aryl methyl sites for hydroxylation is 1. The Kier molecular flexibility index (Phi) is 9.80. The highest BCUT2D eigenvalue weighted by molar-refractivity contribution is 7.92. The van der Waals surface area contributed by atoms with Crippen molar-refractivity contribution in [3.05, 3.63) is 101 Å². The van der Waals surface area contributed by atoms with Gasteiger partial charge >= 0.3 is 0 Å². The molecule has 2 amide bonds. The Morgan fingerprint density at radius 1 is 0.923 bits per heavy atom. The molecular formula is C30H36ClN3O4S. The van der Waals surface area contributed by atoms with Crippen LogP contribution in [-0.4, -0.2) is 49.5 Å². The largest absolute Gasteiger partial charge is 0.350 e. The maximum atomic E-state index is 14.1. The van der Waals surface area contributed by atoms with Gasteiger partial charge in [0.15, 0.2) is 0 Å². The lowest BCUT2D eigenvalue weighted by Gasteiger charge is -2.35. The standard InChI is InChI=1S/C30H36ClN3O4S/c1-22-11-9-16-26(17-22)34(39(5,37)38)21-28(35)33(20-24-14-10-15-25(31)18-24)27(29(36)32-30(2,3)4)19-23-12-7-6-8-13-23/h6-18,27H,19-21H2,1-5H3,(H,32,36)/t27-/m1/s1. The summed E-state index contributed by atoms with van der Waals surface area (Å²) < 4.78 is 26.8. The minimum absolute atomic E-state index is 0.0693. The third kappa shape index (κ3) is 9.11. The van der Waals surface area contributed by atoms with Gasteiger partial charge in [0, 0.05) is 23.5 Å². The first kappa shape index (κ1) is 30.2. The molecule has 0 spiro atoms. The van der Waals surface area contributed by atoms with Gasteiger partial charge in [0.25, 0.3) is 0 Å². The smallest absolute Gasteiger partial charge is 0.244 e. The van der Waals surface area contributed by atoms with Crippen LogP contribution in [0, 0.1) is 6.92 Å². The Hall–Kier alpha value is -3.36. The molecule has 0 saturated carbocycles. The number of sulfonamides is 1. The molecule has 3 rings (SSSR count). The van der Waals surface area contributed by atoms with E-state index in [0.29, 0.717) is 10.7 Å². The number of amides is 2. The van der Waals surface area contributed by atoms with Crippen LogP contribution in [-0.2, 0) is 32.6 Å². The van der Waals surface area contributed by atoms with Gasteiger partial charge in [0.1, 0.15) is 12.6 Å². The fraction of sp³-hybridized carbons (Fsp3) is 0.333. The molecule has 3 aromatic carbocycles. The number of nitrogens with one attached hydrogen (secondary N) is 1. The highest BCUT2D eigenvalue weighted by Gasteiger charge is 2.34. The molecule has 0 aliphatic carbocycles. The van der Waals surface area contributed by atoms with Crippen LogP contribution in [0.2, 0.25) is 5.02 Å². The van der Waals surface area contributed by atoms with Crippen LogP contribution in [0.25, 0.3) is 0 Å². The second kappa shape index (κ2) is 12.7. The first-order chi connectivity index (χ1) is 18.2. The third-order valence-electron chi connectivity index (χ3n) is 5.98. The van der Waals surface area contributed by atoms with Gasteiger partial charge in [-0.15, -0.1) is 0 Å². The molecule has 3 aromatic rings. The van der Waals surface area contributed by atoms with Crippen molar-refractivity contribution in [3.8, 4) is 0 Å². The minimum Gasteiger partial charge on any atom is -0.350 e. The van der Waals surface area contributed by atoms with Crippen LogP contribution in [0.5, 0.6) is 0 Å². The summed E-state index contributed by atoms with van der Waals surface area (Å²) in [5, 5.41) is 3.50. The van der Waals surface area contributed by atoms with Crippen LogP contribution in [0.4, 0.5) is 5.69 Å². The minimum atomic E-state index is -3.81. The van der Waals surface area contributed by atoms with E-state index < -0.39 is 34.1 Å². The maximum absolute atomic E-state index is 14.1. The molecular weight excluding hydrogens is 534 g/mol. The molecule has 0 heterocycles. The molecule has 9 heteroatoms. The molecule has 0 aliphatic heterocycles. The van der Waals surface area contributed by atoms with Crippen molar-refractivity contribution in [2.45, 2.75) is 52.2 Å². The summed E-state index contributed by atoms with van der Waals surface area (Å²) in [6.45, 7) is 7.07. The molecule has 0 bridgehead atoms. The number of benzene rings is 3. The van der Waals surface area contributed by atoms with E-state index >= 15 is 0 Å². The number of nitrogens with zero attached hydrogens (tertiary/aromatic N) is 2. The van der Waals surface area contributed by atoms with Crippen LogP contribution >= 0.6 is 11.6 Å². The Labute approximate surface area is 236 Å². The number of halogens is 1. The normalized spacial score (nSPS) is 12.5. The lowest BCUT2D eigenvalue weighted by Crippen LogP contribution is -2.56. The van der Waals surface area contributed by atoms with E-state index in [0.717, 1.165) is 27.3 Å². The van der Waals surface area contributed by atoms with Gasteiger partial charge in [-0.05, 0) is 68.7 Å². The van der Waals surface area contributed by atoms with E-state index in [1.807, 2.05) is 70.2 Å². The van der Waals surface area contributed by atoms with Crippen LogP contribution in [0.3, 0.4) is 0 Å². The average Bonchev–Trinajstić information content (AvgIpc) is 2.83. The molecule has 0 saturated heterocycles. The monoisotopic (exact) mass is 569 g/mol. The Morgan fingerprint density at radius 3 is 2.15 bits per heavy atom. The Morgan fingerprint density at radius 2 is 1.56 bits per heavy atom. The Bertz CT molecular complexity index is 1400. The summed E-state index contributed by atoms with van der Waals surface area (Å²) in [7, 11) is -3.81. The Balaban J connectivity index is 2.08. The molecule has 1 N–H and O–H groups in total. The summed E-state index contributed by atoms with van der Waals surface area (Å²) in [5.41, 5.74) is 2.29. The summed E-state index contributed by atoms with van der Waals surface area (Å²) in [6.07, 6.45) is 1.32. The van der Waals surface area contributed by atoms with Crippen molar-refractivity contribution >= 4 is 39.1 Å². The summed E-state index contributed by atoms with van der Waals surface area (Å²) >= 11 is 6.24. The molecule has 0 fully saturated rings. The van der Waals surface area contributed by atoms with E-state index in [1.165, 1.54) is 4.90 Å². The van der Waals surface area contributed by atoms with Gasteiger partial charge in [-0.1, -0.05) is 66.2 Å². The lowest BCUT2D eigenvalue weighted by atomic mass is 10.0. The number of anilines is 1. The topological polar surface area (TPSA) is 86.8 Å². The van der Waals surface area contributed by atoms with E-state index in [4.69, 9.17) is 11.6 Å². The van der Waals surface area contributed by atoms with E-state index in [1.54, 1.807) is 36.4 Å². The van der Waals surface area contributed by atoms with E-state index in [2.05, 4.69) is 5.32 Å². The van der Waals surface area contributed by atoms with Crippen molar-refractivity contribution in [1.29, 1.82) is 0 Å². The second-order valence-electron chi connectivity index (χ2n) is 10.7. The van der Waals surface area contributed by atoms with Crippen molar-refractivity contribution in [1.82, 2.24) is 10.2 Å². The number of carbonyl (C=O) groups excluding carboxylic acids is 2. The number of hydrogen-bond acceptors (Lipinski definition) is 4. The van der Waals surface area contributed by atoms with Gasteiger partial charge in [0.2, 0.25) is 21.8 Å². The third-order valence-corrected chi connectivity index (χ3v) is 7.36. The molecule has 0 aliphatic rings. The fourth-order valence-corrected chi connectivity index (χ4v) is 5.29. The van der Waals surface area contributed by atoms with Crippen molar-refractivity contribution < 1.29 is 18.0 Å². The lowest BCUT2D eigenvalue weighted by molar-refractivity contribution is -0.140. The van der Waals surface area contributed by atoms with Gasteiger partial charge in [-0.3, -0.25) is 13.9 Å². The van der Waals surface area contributed by atoms with Crippen molar-refractivity contribution in [2.75, 3.05) is 17.1 Å². The van der Waals surface area contributed by atoms with Crippen molar-refractivity contribution in [2.24, 2.45) is 0 Å². The number of rotatable bonds is 10. The molecule has 0 radical (unpaired) electrons. The first-order valence-electron chi connectivity index (χ1n) is 12.7. The number of hydrogen-bond donors (Lipinski definition) is 1. The predicted molar refractivity (Wildman–Crippen MR) is 157 cm³/mol. The zero-order valence-electron chi connectivity index (χ0n) is 23.0. The summed E-state index contributed by atoms with van der Waals surface area (Å²) in [4.78, 5) is 29.2. The van der Waals surface area contributed by atoms with E-state index in [9.17, 15) is 18.0 Å². The molecule has 39 heavy (non-hydrogen) atoms. The average molecular weight is 570 g/mol. The van der Waals surface area contributed by atoms with Crippen LogP contribution < -0.4 is 9.62 Å². The summed E-state index contributed by atoms with van der Waals surface area (Å²) in [6, 6.07) is 22.5. The van der Waals surface area contributed by atoms with E-state index in [-0.39, 0.29) is 18.9 Å². The molecule has 208 valence electrons. The van der Waals surface area contributed by atoms with Crippen LogP contribution in [0.1, 0.15) is 37.5 Å². The molecule has 0 aromatic heterocycles. The quantitative estimate of drug-likeness (QED) is 0.373. The second-order valence-corrected chi connectivity index (χ2v) is 13.0. The molecule has 1 atom stereocenters. The van der Waals surface area contributed by atoms with Gasteiger partial charge in [-0.2, -0.15) is 0 Å². The molecule has 7 nitrogen and oxygen atoms in total. The summed E-state index contributed by atoms with van der Waals surface area (Å²) in [5.74, 6) is -0.838. The van der Waals surface area contributed by atoms with Crippen LogP contribution in [0.15, 0.2) is 78.9 Å². The highest BCUT2D eigenvalue weighted by atomic mass is 35.5. The van der Waals surface area contributed by atoms with Crippen molar-refractivity contribution in [3.63, 3.8) is 0 Å². The van der Waals surface area contributed by atoms with Gasteiger partial charge in [-0.25, -0.2) is 8.42 Å². The number of carbonyl (C=O) groups is 2. The predicted octanol–water partition coefficient (Wildman–Crippen LogP) is 4.97. The molecule has 0 unspecified atom stereocenters. The first-order valence-corrected chi connectivity index (χ1v) is 14.9. The maximum Gasteiger partial charge on any atom is 0.244 e. The van der Waals surface area contributed by atoms with Gasteiger partial charge in [0.05, 0.1) is 11.9 Å². The SMILES string of the molecule is Cc1cccc(N(CC(=O)N(Cc2cccc(Cl)c2)[C@H](Cc2ccccc2)C(=O)NC(C)(C)C)S(C)(=O)=O)c1. The zero-order chi connectivity index (χ0) is 28.8.